The summed E-state index contributed by atoms with van der Waals surface area (Å²) >= 11 is 0. The van der Waals surface area contributed by atoms with Crippen LogP contribution < -0.4 is 28.4 Å². The van der Waals surface area contributed by atoms with E-state index in [2.05, 4.69) is 0 Å². The monoisotopic (exact) mass is 432 g/mol. The highest BCUT2D eigenvalue weighted by molar-refractivity contribution is 6.07. The SMILES string of the molecule is COc1ccc(/C=C/C(=O)c2ccc3c(c2)OCO3)cc1COc1ccc2c(c1)OCO2. The van der Waals surface area contributed by atoms with Crippen molar-refractivity contribution in [3.8, 4) is 34.5 Å². The van der Waals surface area contributed by atoms with Crippen LogP contribution in [0.25, 0.3) is 6.08 Å². The van der Waals surface area contributed by atoms with Crippen LogP contribution in [-0.4, -0.2) is 26.5 Å². The van der Waals surface area contributed by atoms with Gasteiger partial charge in [0.15, 0.2) is 28.8 Å². The van der Waals surface area contributed by atoms with Crippen LogP contribution in [0.5, 0.6) is 34.5 Å². The van der Waals surface area contributed by atoms with Crippen molar-refractivity contribution < 1.29 is 33.2 Å². The van der Waals surface area contributed by atoms with Gasteiger partial charge >= 0.3 is 0 Å². The summed E-state index contributed by atoms with van der Waals surface area (Å²) in [6.45, 7) is 0.679. The van der Waals surface area contributed by atoms with E-state index in [0.29, 0.717) is 46.7 Å². The molecule has 0 bridgehead atoms. The Morgan fingerprint density at radius 2 is 1.59 bits per heavy atom. The zero-order valence-corrected chi connectivity index (χ0v) is 17.3. The maximum absolute atomic E-state index is 12.6. The lowest BCUT2D eigenvalue weighted by Crippen LogP contribution is -1.99. The Hall–Kier alpha value is -4.13. The number of ketones is 1. The average molecular weight is 432 g/mol. The van der Waals surface area contributed by atoms with E-state index in [-0.39, 0.29) is 19.4 Å². The first-order valence-electron chi connectivity index (χ1n) is 10.0. The molecule has 162 valence electrons. The number of benzene rings is 3. The van der Waals surface area contributed by atoms with Gasteiger partial charge in [-0.25, -0.2) is 0 Å². The lowest BCUT2D eigenvalue weighted by Gasteiger charge is -2.11. The molecule has 0 unspecified atom stereocenters. The smallest absolute Gasteiger partial charge is 0.231 e. The second-order valence-electron chi connectivity index (χ2n) is 7.14. The lowest BCUT2D eigenvalue weighted by atomic mass is 10.1. The van der Waals surface area contributed by atoms with Gasteiger partial charge in [-0.3, -0.25) is 4.79 Å². The van der Waals surface area contributed by atoms with Crippen LogP contribution in [-0.2, 0) is 6.61 Å². The summed E-state index contributed by atoms with van der Waals surface area (Å²) in [6, 6.07) is 16.2. The number of methoxy groups -OCH3 is 1. The molecule has 2 heterocycles. The van der Waals surface area contributed by atoms with Crippen molar-refractivity contribution in [2.45, 2.75) is 6.61 Å². The van der Waals surface area contributed by atoms with Gasteiger partial charge in [-0.2, -0.15) is 0 Å². The first-order valence-corrected chi connectivity index (χ1v) is 10.0. The van der Waals surface area contributed by atoms with Gasteiger partial charge in [-0.05, 0) is 54.1 Å². The highest BCUT2D eigenvalue weighted by atomic mass is 16.7. The largest absolute Gasteiger partial charge is 0.496 e. The van der Waals surface area contributed by atoms with Gasteiger partial charge < -0.3 is 28.4 Å². The Bertz CT molecular complexity index is 1200. The molecule has 3 aromatic carbocycles. The molecule has 0 fully saturated rings. The Morgan fingerprint density at radius 1 is 0.875 bits per heavy atom. The summed E-state index contributed by atoms with van der Waals surface area (Å²) in [5.41, 5.74) is 2.23. The van der Waals surface area contributed by atoms with Crippen LogP contribution in [0.4, 0.5) is 0 Å². The summed E-state index contributed by atoms with van der Waals surface area (Å²) in [5.74, 6) is 3.82. The van der Waals surface area contributed by atoms with Crippen molar-refractivity contribution in [2.24, 2.45) is 0 Å². The first kappa shape index (κ1) is 19.8. The van der Waals surface area contributed by atoms with Crippen molar-refractivity contribution in [1.29, 1.82) is 0 Å². The van der Waals surface area contributed by atoms with E-state index < -0.39 is 0 Å². The number of carbonyl (C=O) groups is 1. The summed E-state index contributed by atoms with van der Waals surface area (Å²) < 4.78 is 32.7. The molecule has 5 rings (SSSR count). The van der Waals surface area contributed by atoms with Crippen molar-refractivity contribution in [3.05, 3.63) is 77.4 Å². The fourth-order valence-corrected chi connectivity index (χ4v) is 3.46. The molecule has 2 aliphatic heterocycles. The fourth-order valence-electron chi connectivity index (χ4n) is 3.46. The quantitative estimate of drug-likeness (QED) is 0.398. The second kappa shape index (κ2) is 8.55. The molecule has 0 radical (unpaired) electrons. The highest BCUT2D eigenvalue weighted by Crippen LogP contribution is 2.36. The third kappa shape index (κ3) is 4.05. The lowest BCUT2D eigenvalue weighted by molar-refractivity contribution is 0.104. The standard InChI is InChI=1S/C25H20O7/c1-27-21-7-3-16(2-6-20(26)17-4-8-22-24(11-17)31-14-29-22)10-18(21)13-28-19-5-9-23-25(12-19)32-15-30-23/h2-12H,13-15H2,1H3/b6-2+. The molecule has 0 spiro atoms. The molecule has 0 aromatic heterocycles. The molecule has 0 atom stereocenters. The maximum Gasteiger partial charge on any atom is 0.231 e. The van der Waals surface area contributed by atoms with E-state index in [4.69, 9.17) is 28.4 Å². The fraction of sp³-hybridized carbons (Fsp3) is 0.160. The van der Waals surface area contributed by atoms with Crippen molar-refractivity contribution in [1.82, 2.24) is 0 Å². The van der Waals surface area contributed by atoms with Crippen molar-refractivity contribution in [2.75, 3.05) is 20.7 Å². The zero-order valence-electron chi connectivity index (χ0n) is 17.3. The maximum atomic E-state index is 12.6. The number of rotatable bonds is 7. The summed E-state index contributed by atoms with van der Waals surface area (Å²) in [5, 5.41) is 0. The van der Waals surface area contributed by atoms with Crippen LogP contribution in [0.2, 0.25) is 0 Å². The summed E-state index contributed by atoms with van der Waals surface area (Å²) in [6.07, 6.45) is 3.29. The van der Waals surface area contributed by atoms with Gasteiger partial charge in [-0.15, -0.1) is 0 Å². The zero-order chi connectivity index (χ0) is 21.9. The number of ether oxygens (including phenoxy) is 6. The van der Waals surface area contributed by atoms with Crippen molar-refractivity contribution >= 4 is 11.9 Å². The van der Waals surface area contributed by atoms with Gasteiger partial charge in [0, 0.05) is 17.2 Å². The van der Waals surface area contributed by atoms with E-state index in [1.807, 2.05) is 30.3 Å². The Kier molecular flexibility index (Phi) is 5.29. The number of hydrogen-bond acceptors (Lipinski definition) is 7. The molecular formula is C25H20O7. The third-order valence-electron chi connectivity index (χ3n) is 5.13. The Balaban J connectivity index is 1.29. The summed E-state index contributed by atoms with van der Waals surface area (Å²) in [4.78, 5) is 12.6. The van der Waals surface area contributed by atoms with Gasteiger partial charge in [0.2, 0.25) is 13.6 Å². The van der Waals surface area contributed by atoms with Crippen LogP contribution in [0.3, 0.4) is 0 Å². The average Bonchev–Trinajstić information content (AvgIpc) is 3.49. The van der Waals surface area contributed by atoms with Crippen LogP contribution in [0, 0.1) is 0 Å². The van der Waals surface area contributed by atoms with E-state index in [0.717, 1.165) is 11.1 Å². The predicted octanol–water partition coefficient (Wildman–Crippen LogP) is 4.63. The summed E-state index contributed by atoms with van der Waals surface area (Å²) in [7, 11) is 1.61. The van der Waals surface area contributed by atoms with E-state index in [9.17, 15) is 4.79 Å². The second-order valence-corrected chi connectivity index (χ2v) is 7.14. The molecule has 32 heavy (non-hydrogen) atoms. The molecular weight excluding hydrogens is 412 g/mol. The van der Waals surface area contributed by atoms with Crippen LogP contribution in [0.15, 0.2) is 60.7 Å². The number of fused-ring (bicyclic) bond motifs is 2. The minimum absolute atomic E-state index is 0.128. The molecule has 0 amide bonds. The van der Waals surface area contributed by atoms with Gasteiger partial charge in [-0.1, -0.05) is 12.1 Å². The van der Waals surface area contributed by atoms with Gasteiger partial charge in [0.25, 0.3) is 0 Å². The minimum Gasteiger partial charge on any atom is -0.496 e. The van der Waals surface area contributed by atoms with E-state index in [1.54, 1.807) is 37.5 Å². The molecule has 7 nitrogen and oxygen atoms in total. The molecule has 0 aliphatic carbocycles. The van der Waals surface area contributed by atoms with Gasteiger partial charge in [0.05, 0.1) is 7.11 Å². The Labute approximate surface area is 184 Å². The van der Waals surface area contributed by atoms with Crippen molar-refractivity contribution in [3.63, 3.8) is 0 Å². The molecule has 2 aliphatic rings. The van der Waals surface area contributed by atoms with E-state index >= 15 is 0 Å². The predicted molar refractivity (Wildman–Crippen MR) is 116 cm³/mol. The van der Waals surface area contributed by atoms with Crippen LogP contribution in [0.1, 0.15) is 21.5 Å². The normalized spacial score (nSPS) is 13.4. The molecule has 0 saturated heterocycles. The highest BCUT2D eigenvalue weighted by Gasteiger charge is 2.16. The molecule has 0 N–H and O–H groups in total. The Morgan fingerprint density at radius 3 is 2.38 bits per heavy atom. The minimum atomic E-state index is -0.128. The van der Waals surface area contributed by atoms with Gasteiger partial charge in [0.1, 0.15) is 18.1 Å². The molecule has 7 heteroatoms. The topological polar surface area (TPSA) is 72.5 Å². The molecule has 0 saturated carbocycles. The number of allylic oxidation sites excluding steroid dienone is 1. The number of hydrogen-bond donors (Lipinski definition) is 0. The molecule has 3 aromatic rings. The first-order chi connectivity index (χ1) is 15.7. The third-order valence-corrected chi connectivity index (χ3v) is 5.13. The van der Waals surface area contributed by atoms with Crippen LogP contribution >= 0.6 is 0 Å². The van der Waals surface area contributed by atoms with E-state index in [1.165, 1.54) is 6.08 Å². The number of carbonyl (C=O) groups excluding carboxylic acids is 1.